The Hall–Kier alpha value is -4.31. The normalized spacial score (nSPS) is 19.6. The Morgan fingerprint density at radius 1 is 1.10 bits per heavy atom. The number of nitrogens with zero attached hydrogens (tertiary/aromatic N) is 3. The maximum absolute atomic E-state index is 13.8. The van der Waals surface area contributed by atoms with E-state index in [2.05, 4.69) is 11.9 Å². The van der Waals surface area contributed by atoms with E-state index in [1.165, 1.54) is 0 Å². The molecule has 10 nitrogen and oxygen atoms in total. The molecule has 5 rings (SSSR count). The minimum absolute atomic E-state index is 0.0311. The van der Waals surface area contributed by atoms with Crippen LogP contribution < -0.4 is 23.8 Å². The largest absolute Gasteiger partial charge is 0.493 e. The summed E-state index contributed by atoms with van der Waals surface area (Å²) in [6.07, 6.45) is 5.11. The number of carbonyl (C=O) groups excluding carboxylic acids is 1. The van der Waals surface area contributed by atoms with E-state index < -0.39 is 23.8 Å². The number of pyridine rings is 1. The van der Waals surface area contributed by atoms with Crippen LogP contribution >= 0.6 is 0 Å². The van der Waals surface area contributed by atoms with Crippen LogP contribution in [-0.2, 0) is 9.59 Å². The molecule has 2 aliphatic rings. The highest BCUT2D eigenvalue weighted by molar-refractivity contribution is 5.94. The fraction of sp³-hybridized carbons (Fsp3) is 0.387. The minimum atomic E-state index is -0.952. The monoisotopic (exact) mass is 561 g/mol. The number of carboxylic acids is 1. The fourth-order valence-corrected chi connectivity index (χ4v) is 5.58. The van der Waals surface area contributed by atoms with Crippen molar-refractivity contribution in [2.75, 3.05) is 45.0 Å². The summed E-state index contributed by atoms with van der Waals surface area (Å²) in [7, 11) is 1.56. The minimum Gasteiger partial charge on any atom is -0.493 e. The van der Waals surface area contributed by atoms with Crippen LogP contribution in [0.5, 0.6) is 23.0 Å². The molecule has 1 amide bonds. The molecule has 2 aliphatic heterocycles. The number of hydrogen-bond donors (Lipinski definition) is 1. The first kappa shape index (κ1) is 28.2. The molecule has 1 fully saturated rings. The van der Waals surface area contributed by atoms with E-state index in [1.807, 2.05) is 35.2 Å². The lowest BCUT2D eigenvalue weighted by Gasteiger charge is -2.29. The van der Waals surface area contributed by atoms with E-state index in [1.54, 1.807) is 48.7 Å². The van der Waals surface area contributed by atoms with Gasteiger partial charge >= 0.3 is 5.97 Å². The summed E-state index contributed by atoms with van der Waals surface area (Å²) >= 11 is 0. The number of rotatable bonds is 12. The Morgan fingerprint density at radius 3 is 2.63 bits per heavy atom. The van der Waals surface area contributed by atoms with Gasteiger partial charge in [0.1, 0.15) is 6.61 Å². The molecule has 1 N–H and O–H groups in total. The molecular formula is C31H35N3O7. The van der Waals surface area contributed by atoms with Gasteiger partial charge in [0.15, 0.2) is 23.0 Å². The number of aliphatic carboxylic acids is 1. The summed E-state index contributed by atoms with van der Waals surface area (Å²) < 4.78 is 22.6. The average molecular weight is 562 g/mol. The van der Waals surface area contributed by atoms with Crippen molar-refractivity contribution in [3.63, 3.8) is 0 Å². The van der Waals surface area contributed by atoms with Gasteiger partial charge in [0.2, 0.25) is 12.7 Å². The van der Waals surface area contributed by atoms with Gasteiger partial charge in [0.25, 0.3) is 0 Å². The lowest BCUT2D eigenvalue weighted by Crippen LogP contribution is -2.46. The van der Waals surface area contributed by atoms with E-state index >= 15 is 0 Å². The van der Waals surface area contributed by atoms with Crippen LogP contribution in [0.1, 0.15) is 31.2 Å². The van der Waals surface area contributed by atoms with E-state index in [9.17, 15) is 14.7 Å². The molecule has 216 valence electrons. The van der Waals surface area contributed by atoms with Gasteiger partial charge in [-0.1, -0.05) is 31.5 Å². The number of benzene rings is 2. The van der Waals surface area contributed by atoms with Gasteiger partial charge in [-0.25, -0.2) is 0 Å². The quantitative estimate of drug-likeness (QED) is 0.348. The summed E-state index contributed by atoms with van der Waals surface area (Å²) in [4.78, 5) is 34.5. The molecule has 2 aromatic carbocycles. The van der Waals surface area contributed by atoms with E-state index in [0.717, 1.165) is 18.4 Å². The number of unbranched alkanes of at least 4 members (excludes halogenated alkanes) is 1. The third-order valence-corrected chi connectivity index (χ3v) is 7.67. The standard InChI is InChI=1S/C31H35N3O7/c1-3-4-14-34(22-8-7-13-32-16-22)29(35)18-33-17-23(21-11-12-27-28(15-21)41-20-40-27)30(31(36)37)24(33)19-39-26-10-6-5-9-25(26)38-2/h5-13,15-16,23-24,30H,3-4,14,17-20H2,1-2H3,(H,36,37)/t23-,24+,30?/m1/s1. The van der Waals surface area contributed by atoms with Gasteiger partial charge in [0, 0.05) is 25.2 Å². The highest BCUT2D eigenvalue weighted by atomic mass is 16.7. The van der Waals surface area contributed by atoms with E-state index in [-0.39, 0.29) is 25.9 Å². The van der Waals surface area contributed by atoms with Gasteiger partial charge in [-0.05, 0) is 48.4 Å². The molecule has 0 saturated carbocycles. The zero-order chi connectivity index (χ0) is 28.8. The number of likely N-dealkylation sites (tertiary alicyclic amines) is 1. The Labute approximate surface area is 239 Å². The van der Waals surface area contributed by atoms with Crippen molar-refractivity contribution in [3.8, 4) is 23.0 Å². The van der Waals surface area contributed by atoms with Gasteiger partial charge in [-0.3, -0.25) is 19.5 Å². The fourth-order valence-electron chi connectivity index (χ4n) is 5.58. The van der Waals surface area contributed by atoms with Crippen LogP contribution in [0.3, 0.4) is 0 Å². The number of hydrogen-bond acceptors (Lipinski definition) is 8. The van der Waals surface area contributed by atoms with Crippen molar-refractivity contribution in [1.82, 2.24) is 9.88 Å². The van der Waals surface area contributed by atoms with Gasteiger partial charge in [-0.15, -0.1) is 0 Å². The third-order valence-electron chi connectivity index (χ3n) is 7.67. The molecule has 0 radical (unpaired) electrons. The Bertz CT molecular complexity index is 1350. The number of methoxy groups -OCH3 is 1. The van der Waals surface area contributed by atoms with Gasteiger partial charge < -0.3 is 29.0 Å². The van der Waals surface area contributed by atoms with Crippen LogP contribution in [0.2, 0.25) is 0 Å². The molecule has 41 heavy (non-hydrogen) atoms. The predicted molar refractivity (Wildman–Crippen MR) is 152 cm³/mol. The highest BCUT2D eigenvalue weighted by Crippen LogP contribution is 2.42. The van der Waals surface area contributed by atoms with Crippen LogP contribution in [0, 0.1) is 5.92 Å². The van der Waals surface area contributed by atoms with Crippen LogP contribution in [0.15, 0.2) is 67.0 Å². The van der Waals surface area contributed by atoms with Crippen molar-refractivity contribution >= 4 is 17.6 Å². The molecule has 10 heteroatoms. The Kier molecular flexibility index (Phi) is 8.88. The van der Waals surface area contributed by atoms with E-state index in [0.29, 0.717) is 41.8 Å². The van der Waals surface area contributed by atoms with Crippen molar-refractivity contribution in [2.24, 2.45) is 5.92 Å². The Morgan fingerprint density at radius 2 is 1.90 bits per heavy atom. The number of anilines is 1. The first-order chi connectivity index (χ1) is 20.0. The molecular weight excluding hydrogens is 526 g/mol. The SMILES string of the molecule is CCCCN(C(=O)CN1C[C@H](c2ccc3c(c2)OCO3)C(C(=O)O)[C@@H]1COc1ccccc1OC)c1cccnc1. The van der Waals surface area contributed by atoms with Crippen LogP contribution in [0.25, 0.3) is 0 Å². The molecule has 1 saturated heterocycles. The number of aromatic nitrogens is 1. The predicted octanol–water partition coefficient (Wildman–Crippen LogP) is 4.20. The summed E-state index contributed by atoms with van der Waals surface area (Å²) in [5.74, 6) is -0.0268. The molecule has 1 unspecified atom stereocenters. The number of carbonyl (C=O) groups is 2. The van der Waals surface area contributed by atoms with Crippen molar-refractivity contribution in [3.05, 3.63) is 72.6 Å². The molecule has 0 spiro atoms. The molecule has 3 heterocycles. The molecule has 1 aromatic heterocycles. The zero-order valence-corrected chi connectivity index (χ0v) is 23.3. The molecule has 3 aromatic rings. The maximum atomic E-state index is 13.8. The highest BCUT2D eigenvalue weighted by Gasteiger charge is 2.48. The second-order valence-corrected chi connectivity index (χ2v) is 10.2. The zero-order valence-electron chi connectivity index (χ0n) is 23.3. The number of ether oxygens (including phenoxy) is 4. The number of fused-ring (bicyclic) bond motifs is 1. The van der Waals surface area contributed by atoms with Crippen molar-refractivity contribution < 1.29 is 33.6 Å². The average Bonchev–Trinajstić information content (AvgIpc) is 3.61. The second-order valence-electron chi connectivity index (χ2n) is 10.2. The summed E-state index contributed by atoms with van der Waals surface area (Å²) in [5.41, 5.74) is 1.53. The van der Waals surface area contributed by atoms with Gasteiger partial charge in [-0.2, -0.15) is 0 Å². The van der Waals surface area contributed by atoms with E-state index in [4.69, 9.17) is 18.9 Å². The number of carboxylic acid groups (broad SMARTS) is 1. The maximum Gasteiger partial charge on any atom is 0.308 e. The third kappa shape index (κ3) is 6.22. The van der Waals surface area contributed by atoms with Crippen LogP contribution in [0.4, 0.5) is 5.69 Å². The van der Waals surface area contributed by atoms with Crippen molar-refractivity contribution in [2.45, 2.75) is 31.7 Å². The second kappa shape index (κ2) is 12.9. The van der Waals surface area contributed by atoms with Crippen LogP contribution in [-0.4, -0.2) is 73.1 Å². The van der Waals surface area contributed by atoms with Gasteiger partial charge in [0.05, 0.1) is 37.5 Å². The molecule has 0 bridgehead atoms. The van der Waals surface area contributed by atoms with Crippen molar-refractivity contribution in [1.29, 1.82) is 0 Å². The number of para-hydroxylation sites is 2. The summed E-state index contributed by atoms with van der Waals surface area (Å²) in [5, 5.41) is 10.5. The first-order valence-electron chi connectivity index (χ1n) is 13.8. The first-order valence-corrected chi connectivity index (χ1v) is 13.8. The molecule has 3 atom stereocenters. The lowest BCUT2D eigenvalue weighted by molar-refractivity contribution is -0.143. The lowest BCUT2D eigenvalue weighted by atomic mass is 9.85. The summed E-state index contributed by atoms with van der Waals surface area (Å²) in [6.45, 7) is 3.20. The Balaban J connectivity index is 1.45. The topological polar surface area (TPSA) is 111 Å². The smallest absolute Gasteiger partial charge is 0.308 e. The molecule has 0 aliphatic carbocycles. The number of amides is 1. The summed E-state index contributed by atoms with van der Waals surface area (Å²) in [6, 6.07) is 15.8.